The molecule has 0 saturated heterocycles. The largest absolute Gasteiger partial charge is 0.311 e. The molecule has 3 aromatic carbocycles. The van der Waals surface area contributed by atoms with E-state index < -0.39 is 0 Å². The fraction of sp³-hybridized carbons (Fsp3) is 0.185. The molecule has 0 spiro atoms. The highest BCUT2D eigenvalue weighted by Crippen LogP contribution is 2.33. The lowest BCUT2D eigenvalue weighted by Gasteiger charge is -2.05. The number of hydrogen-bond acceptors (Lipinski definition) is 7. The van der Waals surface area contributed by atoms with Gasteiger partial charge in [-0.1, -0.05) is 55.5 Å². The fourth-order valence-electron chi connectivity index (χ4n) is 3.68. The third kappa shape index (κ3) is 5.38. The molecular formula is C27H26N6OS2. The third-order valence-corrected chi connectivity index (χ3v) is 7.53. The number of nitrogens with zero attached hydrogens (tertiary/aromatic N) is 4. The van der Waals surface area contributed by atoms with Gasteiger partial charge in [-0.3, -0.25) is 10.2 Å². The minimum Gasteiger partial charge on any atom is -0.311 e. The highest BCUT2D eigenvalue weighted by Gasteiger charge is 2.15. The number of thioether (sulfide) groups is 1. The van der Waals surface area contributed by atoms with Crippen molar-refractivity contribution in [1.29, 1.82) is 0 Å². The lowest BCUT2D eigenvalue weighted by molar-refractivity contribution is 0.402. The van der Waals surface area contributed by atoms with Gasteiger partial charge in [-0.2, -0.15) is 10.2 Å². The van der Waals surface area contributed by atoms with E-state index in [-0.39, 0.29) is 0 Å². The summed E-state index contributed by atoms with van der Waals surface area (Å²) in [5, 5.41) is 15.2. The van der Waals surface area contributed by atoms with Crippen molar-refractivity contribution in [2.45, 2.75) is 30.1 Å². The predicted octanol–water partition coefficient (Wildman–Crippen LogP) is 7.14. The molecule has 0 aliphatic heterocycles. The van der Waals surface area contributed by atoms with Crippen LogP contribution in [0.4, 0.5) is 0 Å². The van der Waals surface area contributed by atoms with Gasteiger partial charge >= 0.3 is 0 Å². The first kappa shape index (κ1) is 24.3. The van der Waals surface area contributed by atoms with Crippen molar-refractivity contribution < 1.29 is 4.18 Å². The van der Waals surface area contributed by atoms with Gasteiger partial charge in [-0.15, -0.1) is 11.8 Å². The van der Waals surface area contributed by atoms with Crippen LogP contribution >= 0.6 is 23.8 Å². The summed E-state index contributed by atoms with van der Waals surface area (Å²) in [5.41, 5.74) is 3.79. The van der Waals surface area contributed by atoms with Crippen LogP contribution in [0.1, 0.15) is 20.3 Å². The molecule has 7 nitrogen and oxygen atoms in total. The van der Waals surface area contributed by atoms with E-state index in [9.17, 15) is 0 Å². The summed E-state index contributed by atoms with van der Waals surface area (Å²) in [6, 6.07) is 24.2. The number of hydrogen-bond donors (Lipinski definition) is 2. The Labute approximate surface area is 218 Å². The Morgan fingerprint density at radius 3 is 1.92 bits per heavy atom. The van der Waals surface area contributed by atoms with Crippen molar-refractivity contribution in [3.05, 3.63) is 72.8 Å². The van der Waals surface area contributed by atoms with Gasteiger partial charge in [0.25, 0.3) is 0 Å². The molecule has 2 N–H and O–H groups in total. The van der Waals surface area contributed by atoms with E-state index in [1.807, 2.05) is 73.3 Å². The van der Waals surface area contributed by atoms with E-state index in [0.717, 1.165) is 45.1 Å². The predicted molar refractivity (Wildman–Crippen MR) is 147 cm³/mol. The lowest BCUT2D eigenvalue weighted by Crippen LogP contribution is -1.87. The van der Waals surface area contributed by atoms with Gasteiger partial charge < -0.3 is 4.18 Å². The zero-order valence-corrected chi connectivity index (χ0v) is 21.7. The molecule has 0 atom stereocenters. The van der Waals surface area contributed by atoms with E-state index in [2.05, 4.69) is 45.5 Å². The summed E-state index contributed by atoms with van der Waals surface area (Å²) >= 11 is 3.18. The summed E-state index contributed by atoms with van der Waals surface area (Å²) < 4.78 is 5.53. The van der Waals surface area contributed by atoms with Gasteiger partial charge in [0, 0.05) is 44.1 Å². The molecule has 0 radical (unpaired) electrons. The Morgan fingerprint density at radius 1 is 0.722 bits per heavy atom. The molecular weight excluding hydrogens is 488 g/mol. The average Bonchev–Trinajstić information content (AvgIpc) is 3.62. The van der Waals surface area contributed by atoms with Gasteiger partial charge in [-0.25, -0.2) is 9.97 Å². The molecule has 9 heteroatoms. The van der Waals surface area contributed by atoms with Gasteiger partial charge in [0.2, 0.25) is 0 Å². The maximum Gasteiger partial charge on any atom is 0.181 e. The molecule has 0 fully saturated rings. The molecule has 0 aliphatic carbocycles. The normalized spacial score (nSPS) is 11.2. The van der Waals surface area contributed by atoms with Crippen LogP contribution in [0.25, 0.3) is 45.6 Å². The van der Waals surface area contributed by atoms with Gasteiger partial charge in [0.1, 0.15) is 0 Å². The highest BCUT2D eigenvalue weighted by atomic mass is 32.2. The smallest absolute Gasteiger partial charge is 0.181 e. The van der Waals surface area contributed by atoms with Crippen molar-refractivity contribution in [2.24, 2.45) is 0 Å². The minimum atomic E-state index is 0.611. The fourth-order valence-corrected chi connectivity index (χ4v) is 5.23. The number of nitrogens with one attached hydrogen (secondary N) is 2. The SMILES string of the molecule is CCCSc1ccccc1-c1nc(-c2cccc(-c3n[nH]c(-c4ccccc4SOCC)n3)c2)n[nH]1. The van der Waals surface area contributed by atoms with Crippen LogP contribution in [0.3, 0.4) is 0 Å². The Kier molecular flexibility index (Phi) is 7.80. The van der Waals surface area contributed by atoms with Gasteiger partial charge in [0.15, 0.2) is 23.3 Å². The van der Waals surface area contributed by atoms with Crippen LogP contribution in [-0.4, -0.2) is 42.7 Å². The standard InChI is InChI=1S/C27H26N6OS2/c1-3-16-35-22-14-7-5-12-20(22)26-28-24(30-32-26)18-10-9-11-19(17-18)25-29-27(33-31-25)21-13-6-8-15-23(21)36-34-4-2/h5-15,17H,3-4,16H2,1-2H3,(H,28,30,32)(H,29,31,33). The van der Waals surface area contributed by atoms with E-state index in [4.69, 9.17) is 14.2 Å². The summed E-state index contributed by atoms with van der Waals surface area (Å²) in [6.45, 7) is 4.78. The number of rotatable bonds is 10. The first-order chi connectivity index (χ1) is 17.8. The van der Waals surface area contributed by atoms with E-state index in [1.54, 1.807) is 0 Å². The van der Waals surface area contributed by atoms with Crippen LogP contribution in [0, 0.1) is 0 Å². The molecule has 5 aromatic rings. The quantitative estimate of drug-likeness (QED) is 0.151. The maximum absolute atomic E-state index is 5.53. The number of H-pyrrole nitrogens is 2. The van der Waals surface area contributed by atoms with Crippen molar-refractivity contribution in [1.82, 2.24) is 30.4 Å². The second-order valence-corrected chi connectivity index (χ2v) is 9.91. The Morgan fingerprint density at radius 2 is 1.31 bits per heavy atom. The average molecular weight is 515 g/mol. The van der Waals surface area contributed by atoms with E-state index >= 15 is 0 Å². The molecule has 2 aromatic heterocycles. The third-order valence-electron chi connectivity index (χ3n) is 5.36. The zero-order chi connectivity index (χ0) is 24.7. The summed E-state index contributed by atoms with van der Waals surface area (Å²) in [5.74, 6) is 3.77. The van der Waals surface area contributed by atoms with Crippen LogP contribution < -0.4 is 0 Å². The molecule has 2 heterocycles. The molecule has 0 amide bonds. The van der Waals surface area contributed by atoms with Crippen molar-refractivity contribution in [3.63, 3.8) is 0 Å². The van der Waals surface area contributed by atoms with Gasteiger partial charge in [-0.05, 0) is 43.4 Å². The van der Waals surface area contributed by atoms with Crippen molar-refractivity contribution >= 4 is 23.8 Å². The summed E-state index contributed by atoms with van der Waals surface area (Å²) in [6.07, 6.45) is 1.12. The van der Waals surface area contributed by atoms with Crippen molar-refractivity contribution in [3.8, 4) is 45.6 Å². The molecule has 0 aliphatic rings. The van der Waals surface area contributed by atoms with Crippen LogP contribution in [0.15, 0.2) is 82.6 Å². The monoisotopic (exact) mass is 514 g/mol. The molecule has 5 rings (SSSR count). The second kappa shape index (κ2) is 11.6. The Bertz CT molecular complexity index is 1340. The van der Waals surface area contributed by atoms with E-state index in [1.165, 1.54) is 16.9 Å². The zero-order valence-electron chi connectivity index (χ0n) is 20.1. The number of benzene rings is 3. The molecule has 0 bridgehead atoms. The summed E-state index contributed by atoms with van der Waals surface area (Å²) in [4.78, 5) is 11.8. The molecule has 0 unspecified atom stereocenters. The highest BCUT2D eigenvalue weighted by molar-refractivity contribution is 7.99. The summed E-state index contributed by atoms with van der Waals surface area (Å²) in [7, 11) is 0. The van der Waals surface area contributed by atoms with Crippen molar-refractivity contribution in [2.75, 3.05) is 12.4 Å². The topological polar surface area (TPSA) is 92.4 Å². The molecule has 0 saturated carbocycles. The molecule has 36 heavy (non-hydrogen) atoms. The Balaban J connectivity index is 1.41. The number of aromatic amines is 2. The van der Waals surface area contributed by atoms with Crippen LogP contribution in [0.5, 0.6) is 0 Å². The number of aromatic nitrogens is 6. The minimum absolute atomic E-state index is 0.611. The van der Waals surface area contributed by atoms with Crippen LogP contribution in [0.2, 0.25) is 0 Å². The Hall–Kier alpha value is -3.40. The maximum atomic E-state index is 5.53. The molecule has 182 valence electrons. The lowest BCUT2D eigenvalue weighted by atomic mass is 10.1. The second-order valence-electron chi connectivity index (χ2n) is 7.93. The van der Waals surface area contributed by atoms with E-state index in [0.29, 0.717) is 24.1 Å². The van der Waals surface area contributed by atoms with Gasteiger partial charge in [0.05, 0.1) is 6.61 Å². The first-order valence-electron chi connectivity index (χ1n) is 11.8. The first-order valence-corrected chi connectivity index (χ1v) is 13.6. The van der Waals surface area contributed by atoms with Crippen LogP contribution in [-0.2, 0) is 4.18 Å².